The van der Waals surface area contributed by atoms with Crippen molar-refractivity contribution in [2.45, 2.75) is 64.0 Å². The van der Waals surface area contributed by atoms with E-state index >= 15 is 0 Å². The van der Waals surface area contributed by atoms with Crippen LogP contribution in [-0.2, 0) is 4.74 Å². The van der Waals surface area contributed by atoms with Gasteiger partial charge in [-0.3, -0.25) is 0 Å². The quantitative estimate of drug-likeness (QED) is 0.772. The van der Waals surface area contributed by atoms with E-state index in [0.717, 1.165) is 12.6 Å². The number of hydrogen-bond donors (Lipinski definition) is 1. The van der Waals surface area contributed by atoms with E-state index < -0.39 is 0 Å². The maximum Gasteiger partial charge on any atom is 0.0667 e. The van der Waals surface area contributed by atoms with Crippen molar-refractivity contribution in [3.8, 4) is 0 Å². The van der Waals surface area contributed by atoms with Crippen LogP contribution in [0, 0.1) is 5.41 Å². The van der Waals surface area contributed by atoms with E-state index in [1.54, 1.807) is 7.11 Å². The lowest BCUT2D eigenvalue weighted by atomic mass is 9.57. The third-order valence-electron chi connectivity index (χ3n) is 4.57. The van der Waals surface area contributed by atoms with Gasteiger partial charge in [0.2, 0.25) is 0 Å². The maximum absolute atomic E-state index is 5.28. The van der Waals surface area contributed by atoms with Crippen molar-refractivity contribution in [2.24, 2.45) is 5.41 Å². The maximum atomic E-state index is 5.28. The van der Waals surface area contributed by atoms with Crippen LogP contribution in [-0.4, -0.2) is 25.8 Å². The summed E-state index contributed by atoms with van der Waals surface area (Å²) in [6, 6.07) is 0.787. The molecule has 2 atom stereocenters. The van der Waals surface area contributed by atoms with E-state index in [1.807, 2.05) is 0 Å². The fraction of sp³-hybridized carbons (Fsp3) is 1.00. The van der Waals surface area contributed by atoms with Gasteiger partial charge in [-0.1, -0.05) is 19.3 Å². The molecule has 2 aliphatic rings. The minimum atomic E-state index is 0.353. The largest absolute Gasteiger partial charge is 0.380 e. The molecular formula is C13H25NO. The van der Waals surface area contributed by atoms with Crippen molar-refractivity contribution in [1.29, 1.82) is 0 Å². The molecule has 0 heterocycles. The predicted molar refractivity (Wildman–Crippen MR) is 63.0 cm³/mol. The molecule has 2 saturated carbocycles. The third kappa shape index (κ3) is 2.36. The molecule has 2 nitrogen and oxygen atoms in total. The Kier molecular flexibility index (Phi) is 3.68. The molecule has 0 saturated heterocycles. The zero-order chi connectivity index (χ0) is 10.7. The molecule has 0 bridgehead atoms. The van der Waals surface area contributed by atoms with E-state index in [4.69, 9.17) is 4.74 Å². The molecule has 0 aromatic rings. The second kappa shape index (κ2) is 4.84. The second-order valence-corrected chi connectivity index (χ2v) is 5.47. The lowest BCUT2D eigenvalue weighted by molar-refractivity contribution is 0.0130. The van der Waals surface area contributed by atoms with Gasteiger partial charge in [0.25, 0.3) is 0 Å². The van der Waals surface area contributed by atoms with Crippen LogP contribution in [0.4, 0.5) is 0 Å². The van der Waals surface area contributed by atoms with E-state index in [2.05, 4.69) is 12.2 Å². The van der Waals surface area contributed by atoms with Crippen LogP contribution >= 0.6 is 0 Å². The summed E-state index contributed by atoms with van der Waals surface area (Å²) in [5, 5.41) is 3.71. The fourth-order valence-corrected chi connectivity index (χ4v) is 3.26. The smallest absolute Gasteiger partial charge is 0.0667 e. The first kappa shape index (κ1) is 11.4. The summed E-state index contributed by atoms with van der Waals surface area (Å²) in [7, 11) is 1.80. The monoisotopic (exact) mass is 211 g/mol. The van der Waals surface area contributed by atoms with Crippen molar-refractivity contribution in [1.82, 2.24) is 5.32 Å². The molecule has 1 spiro atoms. The molecular weight excluding hydrogens is 186 g/mol. The molecule has 2 fully saturated rings. The molecule has 1 N–H and O–H groups in total. The van der Waals surface area contributed by atoms with Crippen LogP contribution in [0.1, 0.15) is 51.9 Å². The Morgan fingerprint density at radius 1 is 1.27 bits per heavy atom. The minimum Gasteiger partial charge on any atom is -0.380 e. The number of nitrogens with one attached hydrogen (secondary N) is 1. The molecule has 88 valence electrons. The summed E-state index contributed by atoms with van der Waals surface area (Å²) in [4.78, 5) is 0. The normalized spacial score (nSPS) is 31.2. The lowest BCUT2D eigenvalue weighted by Crippen LogP contribution is -2.55. The van der Waals surface area contributed by atoms with Gasteiger partial charge in [-0.05, 0) is 38.0 Å². The molecule has 2 rings (SSSR count). The van der Waals surface area contributed by atoms with Gasteiger partial charge in [0.1, 0.15) is 0 Å². The minimum absolute atomic E-state index is 0.353. The highest BCUT2D eigenvalue weighted by Crippen LogP contribution is 2.51. The molecule has 0 aliphatic heterocycles. The summed E-state index contributed by atoms with van der Waals surface area (Å²) >= 11 is 0. The van der Waals surface area contributed by atoms with Gasteiger partial charge in [-0.15, -0.1) is 0 Å². The first-order valence-corrected chi connectivity index (χ1v) is 6.53. The Hall–Kier alpha value is -0.0800. The van der Waals surface area contributed by atoms with Gasteiger partial charge in [-0.2, -0.15) is 0 Å². The Labute approximate surface area is 93.8 Å². The van der Waals surface area contributed by atoms with Gasteiger partial charge in [0.05, 0.1) is 6.10 Å². The van der Waals surface area contributed by atoms with Crippen LogP contribution in [0.2, 0.25) is 0 Å². The highest BCUT2D eigenvalue weighted by atomic mass is 16.5. The van der Waals surface area contributed by atoms with E-state index in [-0.39, 0.29) is 0 Å². The molecule has 2 aliphatic carbocycles. The molecule has 0 radical (unpaired) electrons. The average Bonchev–Trinajstić information content (AvgIpc) is 2.28. The van der Waals surface area contributed by atoms with E-state index in [0.29, 0.717) is 11.5 Å². The van der Waals surface area contributed by atoms with Crippen molar-refractivity contribution < 1.29 is 4.74 Å². The molecule has 0 amide bonds. The molecule has 15 heavy (non-hydrogen) atoms. The van der Waals surface area contributed by atoms with Gasteiger partial charge < -0.3 is 10.1 Å². The second-order valence-electron chi connectivity index (χ2n) is 5.47. The topological polar surface area (TPSA) is 21.3 Å². The standard InChI is InChI=1S/C13H25NO/c1-11(15-2)10-14-12-6-9-13(12)7-4-3-5-8-13/h11-12,14H,3-10H2,1-2H3. The molecule has 0 aromatic carbocycles. The van der Waals surface area contributed by atoms with Gasteiger partial charge in [0.15, 0.2) is 0 Å². The highest BCUT2D eigenvalue weighted by Gasteiger charge is 2.46. The molecule has 0 aromatic heterocycles. The van der Waals surface area contributed by atoms with Crippen LogP contribution in [0.25, 0.3) is 0 Å². The van der Waals surface area contributed by atoms with E-state index in [9.17, 15) is 0 Å². The number of methoxy groups -OCH3 is 1. The molecule has 2 heteroatoms. The SMILES string of the molecule is COC(C)CNC1CCC12CCCCC2. The Bertz CT molecular complexity index is 199. The van der Waals surface area contributed by atoms with Crippen molar-refractivity contribution >= 4 is 0 Å². The summed E-state index contributed by atoms with van der Waals surface area (Å²) in [5.41, 5.74) is 0.686. The van der Waals surface area contributed by atoms with Crippen LogP contribution in [0.5, 0.6) is 0 Å². The van der Waals surface area contributed by atoms with Crippen molar-refractivity contribution in [3.63, 3.8) is 0 Å². The zero-order valence-electron chi connectivity index (χ0n) is 10.2. The summed E-state index contributed by atoms with van der Waals surface area (Å²) in [6.45, 7) is 3.15. The van der Waals surface area contributed by atoms with E-state index in [1.165, 1.54) is 44.9 Å². The highest BCUT2D eigenvalue weighted by molar-refractivity contribution is 5.01. The Morgan fingerprint density at radius 2 is 2.00 bits per heavy atom. The Morgan fingerprint density at radius 3 is 2.53 bits per heavy atom. The van der Waals surface area contributed by atoms with Crippen LogP contribution in [0.15, 0.2) is 0 Å². The summed E-state index contributed by atoms with van der Waals surface area (Å²) in [6.07, 6.45) is 10.5. The fourth-order valence-electron chi connectivity index (χ4n) is 3.26. The van der Waals surface area contributed by atoms with Crippen LogP contribution in [0.3, 0.4) is 0 Å². The van der Waals surface area contributed by atoms with Crippen LogP contribution < -0.4 is 5.32 Å². The van der Waals surface area contributed by atoms with Gasteiger partial charge >= 0.3 is 0 Å². The predicted octanol–water partition coefficient (Wildman–Crippen LogP) is 2.72. The summed E-state index contributed by atoms with van der Waals surface area (Å²) in [5.74, 6) is 0. The summed E-state index contributed by atoms with van der Waals surface area (Å²) < 4.78 is 5.28. The zero-order valence-corrected chi connectivity index (χ0v) is 10.2. The van der Waals surface area contributed by atoms with Gasteiger partial charge in [-0.25, -0.2) is 0 Å². The average molecular weight is 211 g/mol. The van der Waals surface area contributed by atoms with Crippen molar-refractivity contribution in [2.75, 3.05) is 13.7 Å². The lowest BCUT2D eigenvalue weighted by Gasteiger charge is -2.53. The number of hydrogen-bond acceptors (Lipinski definition) is 2. The first-order chi connectivity index (χ1) is 7.27. The molecule has 2 unspecified atom stereocenters. The number of ether oxygens (including phenoxy) is 1. The number of rotatable bonds is 4. The Balaban J connectivity index is 1.78. The van der Waals surface area contributed by atoms with Gasteiger partial charge in [0, 0.05) is 19.7 Å². The third-order valence-corrected chi connectivity index (χ3v) is 4.57. The first-order valence-electron chi connectivity index (χ1n) is 6.53. The van der Waals surface area contributed by atoms with Crippen molar-refractivity contribution in [3.05, 3.63) is 0 Å².